The van der Waals surface area contributed by atoms with Gasteiger partial charge in [0.15, 0.2) is 0 Å². The largest absolute Gasteiger partial charge is 0.507 e. The Hall–Kier alpha value is -3.72. The smallest absolute Gasteiger partial charge is 0.295 e. The number of methoxy groups -OCH3 is 1. The van der Waals surface area contributed by atoms with Gasteiger partial charge in [0.05, 0.1) is 23.6 Å². The second kappa shape index (κ2) is 8.97. The number of ketones is 1. The van der Waals surface area contributed by atoms with Gasteiger partial charge in [0.1, 0.15) is 11.5 Å². The van der Waals surface area contributed by atoms with Crippen LogP contribution in [0.2, 0.25) is 0 Å². The minimum Gasteiger partial charge on any atom is -0.507 e. The molecule has 162 valence electrons. The Morgan fingerprint density at radius 2 is 1.74 bits per heavy atom. The van der Waals surface area contributed by atoms with Crippen LogP contribution in [0, 0.1) is 10.1 Å². The summed E-state index contributed by atoms with van der Waals surface area (Å²) in [6.07, 6.45) is 0. The van der Waals surface area contributed by atoms with Crippen LogP contribution in [0.25, 0.3) is 5.76 Å². The fourth-order valence-electron chi connectivity index (χ4n) is 3.45. The molecule has 0 aliphatic carbocycles. The predicted octanol–water partition coefficient (Wildman–Crippen LogP) is 2.59. The molecule has 1 N–H and O–H groups in total. The normalized spacial score (nSPS) is 17.9. The van der Waals surface area contributed by atoms with E-state index in [1.807, 2.05) is 19.0 Å². The molecule has 1 aliphatic heterocycles. The second-order valence-electron chi connectivity index (χ2n) is 7.37. The summed E-state index contributed by atoms with van der Waals surface area (Å²) in [5.41, 5.74) is 0.698. The Bertz CT molecular complexity index is 1030. The molecule has 0 radical (unpaired) electrons. The molecule has 1 fully saturated rings. The molecule has 0 saturated carbocycles. The summed E-state index contributed by atoms with van der Waals surface area (Å²) in [6.45, 7) is 0.748. The molecule has 1 amide bonds. The number of non-ortho nitro benzene ring substituents is 1. The molecular formula is C22H23N3O6. The Balaban J connectivity index is 2.12. The fourth-order valence-corrected chi connectivity index (χ4v) is 3.45. The number of carbonyl (C=O) groups excluding carboxylic acids is 2. The third kappa shape index (κ3) is 4.41. The minimum atomic E-state index is -0.858. The van der Waals surface area contributed by atoms with Crippen molar-refractivity contribution in [3.8, 4) is 5.75 Å². The van der Waals surface area contributed by atoms with Crippen LogP contribution in [0.1, 0.15) is 17.2 Å². The van der Waals surface area contributed by atoms with E-state index in [2.05, 4.69) is 0 Å². The number of benzene rings is 2. The number of carbonyl (C=O) groups is 2. The van der Waals surface area contributed by atoms with Crippen molar-refractivity contribution in [2.24, 2.45) is 0 Å². The van der Waals surface area contributed by atoms with Crippen molar-refractivity contribution in [2.75, 3.05) is 34.3 Å². The van der Waals surface area contributed by atoms with E-state index in [9.17, 15) is 24.8 Å². The van der Waals surface area contributed by atoms with E-state index in [-0.39, 0.29) is 23.6 Å². The molecular weight excluding hydrogens is 402 g/mol. The number of aliphatic hydroxyl groups excluding tert-OH is 1. The number of nitro benzene ring substituents is 1. The molecule has 1 heterocycles. The maximum absolute atomic E-state index is 12.9. The number of likely N-dealkylation sites (tertiary alicyclic amines) is 1. The number of likely N-dealkylation sites (N-methyl/N-ethyl adjacent to an activating group) is 1. The van der Waals surface area contributed by atoms with Crippen LogP contribution in [0.5, 0.6) is 5.75 Å². The number of hydrogen-bond acceptors (Lipinski definition) is 7. The molecule has 0 spiro atoms. The summed E-state index contributed by atoms with van der Waals surface area (Å²) < 4.78 is 5.12. The van der Waals surface area contributed by atoms with Gasteiger partial charge in [-0.3, -0.25) is 19.7 Å². The molecule has 1 saturated heterocycles. The standard InChI is InChI=1S/C22H23N3O6/c1-23(2)12-13-24-19(14-4-8-16(9-5-14)25(29)30)18(21(27)22(24)28)20(26)15-6-10-17(31-3)11-7-15/h4-11,19,26H,12-13H2,1-3H3. The number of nitrogens with zero attached hydrogens (tertiary/aromatic N) is 3. The molecule has 3 rings (SSSR count). The maximum Gasteiger partial charge on any atom is 0.295 e. The molecule has 31 heavy (non-hydrogen) atoms. The third-order valence-electron chi connectivity index (χ3n) is 5.11. The van der Waals surface area contributed by atoms with Crippen molar-refractivity contribution >= 4 is 23.1 Å². The number of ether oxygens (including phenoxy) is 1. The van der Waals surface area contributed by atoms with Crippen LogP contribution in [0.3, 0.4) is 0 Å². The van der Waals surface area contributed by atoms with Gasteiger partial charge in [-0.05, 0) is 56.1 Å². The summed E-state index contributed by atoms with van der Waals surface area (Å²) >= 11 is 0. The van der Waals surface area contributed by atoms with Crippen molar-refractivity contribution in [2.45, 2.75) is 6.04 Å². The summed E-state index contributed by atoms with van der Waals surface area (Å²) in [7, 11) is 5.20. The first-order chi connectivity index (χ1) is 14.7. The lowest BCUT2D eigenvalue weighted by atomic mass is 9.95. The van der Waals surface area contributed by atoms with E-state index in [1.165, 1.54) is 36.3 Å². The van der Waals surface area contributed by atoms with Crippen LogP contribution >= 0.6 is 0 Å². The molecule has 2 aromatic carbocycles. The molecule has 1 aliphatic rings. The molecule has 1 atom stereocenters. The van der Waals surface area contributed by atoms with Gasteiger partial charge in [-0.1, -0.05) is 0 Å². The number of amides is 1. The van der Waals surface area contributed by atoms with Crippen molar-refractivity contribution in [3.05, 3.63) is 75.3 Å². The molecule has 2 aromatic rings. The van der Waals surface area contributed by atoms with Crippen molar-refractivity contribution in [1.82, 2.24) is 9.80 Å². The predicted molar refractivity (Wildman–Crippen MR) is 114 cm³/mol. The lowest BCUT2D eigenvalue weighted by Crippen LogP contribution is -2.35. The van der Waals surface area contributed by atoms with Crippen LogP contribution in [0.4, 0.5) is 5.69 Å². The first-order valence-corrected chi connectivity index (χ1v) is 9.56. The van der Waals surface area contributed by atoms with Crippen molar-refractivity contribution < 1.29 is 24.4 Å². The van der Waals surface area contributed by atoms with Gasteiger partial charge in [-0.25, -0.2) is 0 Å². The van der Waals surface area contributed by atoms with Crippen LogP contribution < -0.4 is 4.74 Å². The van der Waals surface area contributed by atoms with E-state index in [4.69, 9.17) is 4.74 Å². The van der Waals surface area contributed by atoms with Crippen LogP contribution in [-0.4, -0.2) is 65.8 Å². The van der Waals surface area contributed by atoms with Crippen LogP contribution in [-0.2, 0) is 9.59 Å². The molecule has 0 aromatic heterocycles. The molecule has 1 unspecified atom stereocenters. The monoisotopic (exact) mass is 425 g/mol. The summed E-state index contributed by atoms with van der Waals surface area (Å²) in [4.78, 5) is 39.5. The van der Waals surface area contributed by atoms with E-state index in [0.717, 1.165) is 0 Å². The van der Waals surface area contributed by atoms with Gasteiger partial charge < -0.3 is 19.6 Å². The zero-order valence-electron chi connectivity index (χ0n) is 17.4. The van der Waals surface area contributed by atoms with Gasteiger partial charge in [0, 0.05) is 30.8 Å². The van der Waals surface area contributed by atoms with E-state index in [1.54, 1.807) is 24.3 Å². The minimum absolute atomic E-state index is 0.0530. The van der Waals surface area contributed by atoms with Gasteiger partial charge in [0.2, 0.25) is 0 Å². The molecule has 9 heteroatoms. The SMILES string of the molecule is COc1ccc(C(O)=C2C(=O)C(=O)N(CCN(C)C)C2c2ccc([N+](=O)[O-])cc2)cc1. The number of rotatable bonds is 7. The Kier molecular flexibility index (Phi) is 6.36. The maximum atomic E-state index is 12.9. The highest BCUT2D eigenvalue weighted by Crippen LogP contribution is 2.39. The van der Waals surface area contributed by atoms with Crippen LogP contribution in [0.15, 0.2) is 54.1 Å². The summed E-state index contributed by atoms with van der Waals surface area (Å²) in [5, 5.41) is 22.0. The van der Waals surface area contributed by atoms with Gasteiger partial charge in [-0.15, -0.1) is 0 Å². The third-order valence-corrected chi connectivity index (χ3v) is 5.11. The second-order valence-corrected chi connectivity index (χ2v) is 7.37. The molecule has 9 nitrogen and oxygen atoms in total. The topological polar surface area (TPSA) is 113 Å². The number of nitro groups is 1. The zero-order chi connectivity index (χ0) is 22.7. The van der Waals surface area contributed by atoms with Gasteiger partial charge >= 0.3 is 0 Å². The zero-order valence-corrected chi connectivity index (χ0v) is 17.4. The Morgan fingerprint density at radius 3 is 2.26 bits per heavy atom. The lowest BCUT2D eigenvalue weighted by Gasteiger charge is -2.26. The van der Waals surface area contributed by atoms with Crippen molar-refractivity contribution in [1.29, 1.82) is 0 Å². The Labute approximate surface area is 179 Å². The highest BCUT2D eigenvalue weighted by molar-refractivity contribution is 6.46. The fraction of sp³-hybridized carbons (Fsp3) is 0.273. The van der Waals surface area contributed by atoms with E-state index >= 15 is 0 Å². The van der Waals surface area contributed by atoms with Gasteiger partial charge in [-0.2, -0.15) is 0 Å². The summed E-state index contributed by atoms with van der Waals surface area (Å²) in [5.74, 6) is -1.25. The number of Topliss-reactive ketones (excluding diaryl/α,β-unsaturated/α-hetero) is 1. The van der Waals surface area contributed by atoms with E-state index < -0.39 is 22.7 Å². The Morgan fingerprint density at radius 1 is 1.13 bits per heavy atom. The average molecular weight is 425 g/mol. The summed E-state index contributed by atoms with van der Waals surface area (Å²) in [6, 6.07) is 11.2. The first kappa shape index (κ1) is 22.0. The first-order valence-electron chi connectivity index (χ1n) is 9.56. The number of aliphatic hydroxyl groups is 1. The van der Waals surface area contributed by atoms with E-state index in [0.29, 0.717) is 23.4 Å². The van der Waals surface area contributed by atoms with Gasteiger partial charge in [0.25, 0.3) is 17.4 Å². The molecule has 0 bridgehead atoms. The van der Waals surface area contributed by atoms with Crippen molar-refractivity contribution in [3.63, 3.8) is 0 Å². The number of hydrogen-bond donors (Lipinski definition) is 1. The lowest BCUT2D eigenvalue weighted by molar-refractivity contribution is -0.384. The average Bonchev–Trinajstić information content (AvgIpc) is 3.02. The highest BCUT2D eigenvalue weighted by Gasteiger charge is 2.45. The quantitative estimate of drug-likeness (QED) is 0.238. The highest BCUT2D eigenvalue weighted by atomic mass is 16.6.